The maximum Gasteiger partial charge on any atom is 0.177 e. The number of ether oxygens (including phenoxy) is 1. The Bertz CT molecular complexity index is 936. The summed E-state index contributed by atoms with van der Waals surface area (Å²) >= 11 is 11.7. The SMILES string of the molecule is Fc1ccc(Cl)cc1[C@]12C[C@H]1c1c(CCCN3CCOCC3)[nH]c(=S)n1C2. The molecule has 7 heteroatoms. The van der Waals surface area contributed by atoms with Crippen molar-refractivity contribution in [2.24, 2.45) is 0 Å². The van der Waals surface area contributed by atoms with Crippen molar-refractivity contribution >= 4 is 23.8 Å². The van der Waals surface area contributed by atoms with Gasteiger partial charge in [-0.1, -0.05) is 11.6 Å². The number of benzene rings is 1. The van der Waals surface area contributed by atoms with Gasteiger partial charge in [-0.2, -0.15) is 0 Å². The van der Waals surface area contributed by atoms with Gasteiger partial charge in [-0.05, 0) is 61.8 Å². The molecule has 3 heterocycles. The van der Waals surface area contributed by atoms with Gasteiger partial charge in [0, 0.05) is 47.4 Å². The number of fused-ring (bicyclic) bond motifs is 3. The minimum Gasteiger partial charge on any atom is -0.379 e. The van der Waals surface area contributed by atoms with Crippen LogP contribution in [0.5, 0.6) is 0 Å². The van der Waals surface area contributed by atoms with E-state index in [9.17, 15) is 4.39 Å². The summed E-state index contributed by atoms with van der Waals surface area (Å²) in [5.41, 5.74) is 3.12. The van der Waals surface area contributed by atoms with Crippen molar-refractivity contribution in [1.29, 1.82) is 0 Å². The number of morpholine rings is 1. The normalized spacial score (nSPS) is 26.8. The van der Waals surface area contributed by atoms with E-state index >= 15 is 0 Å². The van der Waals surface area contributed by atoms with Crippen LogP contribution in [0, 0.1) is 10.6 Å². The number of aromatic nitrogens is 2. The quantitative estimate of drug-likeness (QED) is 0.759. The predicted octanol–water partition coefficient (Wildman–Crippen LogP) is 4.04. The van der Waals surface area contributed by atoms with E-state index in [1.165, 1.54) is 17.5 Å². The second kappa shape index (κ2) is 6.69. The summed E-state index contributed by atoms with van der Waals surface area (Å²) in [6.45, 7) is 5.53. The second-order valence-corrected chi connectivity index (χ2v) is 8.80. The van der Waals surface area contributed by atoms with Gasteiger partial charge in [0.15, 0.2) is 4.77 Å². The number of hydrogen-bond acceptors (Lipinski definition) is 3. The van der Waals surface area contributed by atoms with Gasteiger partial charge in [0.05, 0.1) is 13.2 Å². The molecule has 0 unspecified atom stereocenters. The molecule has 144 valence electrons. The van der Waals surface area contributed by atoms with Gasteiger partial charge in [-0.3, -0.25) is 4.90 Å². The predicted molar refractivity (Wildman–Crippen MR) is 106 cm³/mol. The molecule has 0 bridgehead atoms. The zero-order valence-corrected chi connectivity index (χ0v) is 16.7. The molecule has 1 saturated carbocycles. The van der Waals surface area contributed by atoms with Crippen LogP contribution in [0.3, 0.4) is 0 Å². The first-order valence-electron chi connectivity index (χ1n) is 9.66. The van der Waals surface area contributed by atoms with Crippen LogP contribution >= 0.6 is 23.8 Å². The van der Waals surface area contributed by atoms with E-state index in [0.717, 1.165) is 69.0 Å². The van der Waals surface area contributed by atoms with Crippen LogP contribution in [0.1, 0.15) is 35.7 Å². The highest BCUT2D eigenvalue weighted by molar-refractivity contribution is 7.71. The van der Waals surface area contributed by atoms with E-state index in [2.05, 4.69) is 14.5 Å². The van der Waals surface area contributed by atoms with Crippen LogP contribution in [0.2, 0.25) is 5.02 Å². The van der Waals surface area contributed by atoms with Crippen molar-refractivity contribution < 1.29 is 9.13 Å². The first kappa shape index (κ1) is 17.9. The summed E-state index contributed by atoms with van der Waals surface area (Å²) in [5.74, 6) is 0.188. The Hall–Kier alpha value is -1.21. The number of hydrogen-bond donors (Lipinski definition) is 1. The fraction of sp³-hybridized carbons (Fsp3) is 0.550. The van der Waals surface area contributed by atoms with E-state index < -0.39 is 0 Å². The number of aromatic amines is 1. The maximum absolute atomic E-state index is 14.5. The van der Waals surface area contributed by atoms with Crippen molar-refractivity contribution in [2.45, 2.75) is 37.1 Å². The molecule has 3 aliphatic rings. The first-order valence-corrected chi connectivity index (χ1v) is 10.4. The van der Waals surface area contributed by atoms with Crippen molar-refractivity contribution in [2.75, 3.05) is 32.8 Å². The van der Waals surface area contributed by atoms with Gasteiger partial charge in [0.2, 0.25) is 0 Å². The molecule has 2 fully saturated rings. The zero-order chi connectivity index (χ0) is 18.6. The third-order valence-corrected chi connectivity index (χ3v) is 6.98. The number of rotatable bonds is 5. The maximum atomic E-state index is 14.5. The third-order valence-electron chi connectivity index (χ3n) is 6.42. The van der Waals surface area contributed by atoms with E-state index in [1.807, 2.05) is 0 Å². The van der Waals surface area contributed by atoms with Crippen molar-refractivity contribution in [3.05, 3.63) is 50.8 Å². The van der Waals surface area contributed by atoms with Crippen LogP contribution < -0.4 is 0 Å². The topological polar surface area (TPSA) is 33.2 Å². The van der Waals surface area contributed by atoms with Gasteiger partial charge < -0.3 is 14.3 Å². The Morgan fingerprint density at radius 2 is 2.15 bits per heavy atom. The smallest absolute Gasteiger partial charge is 0.177 e. The molecule has 1 aromatic heterocycles. The Morgan fingerprint density at radius 1 is 1.33 bits per heavy atom. The minimum absolute atomic E-state index is 0.156. The molecular weight excluding hydrogens is 385 g/mol. The van der Waals surface area contributed by atoms with Crippen LogP contribution in [0.25, 0.3) is 0 Å². The third kappa shape index (κ3) is 2.97. The zero-order valence-electron chi connectivity index (χ0n) is 15.1. The number of imidazole rings is 1. The standard InChI is InChI=1S/C20H23ClFN3OS/c21-13-3-4-16(22)14(10-13)20-11-15(20)18-17(23-19(27)25(18)12-20)2-1-5-24-6-8-26-9-7-24/h3-4,10,15H,1-2,5-9,11-12H2,(H,23,27)/t15-,20+/m0/s1. The molecule has 0 amide bonds. The average molecular weight is 408 g/mol. The molecular formula is C20H23ClFN3OS. The largest absolute Gasteiger partial charge is 0.379 e. The lowest BCUT2D eigenvalue weighted by atomic mass is 9.93. The van der Waals surface area contributed by atoms with Crippen molar-refractivity contribution in [3.8, 4) is 0 Å². The molecule has 5 rings (SSSR count). The summed E-state index contributed by atoms with van der Waals surface area (Å²) in [7, 11) is 0. The number of H-pyrrole nitrogens is 1. The molecule has 1 saturated heterocycles. The van der Waals surface area contributed by atoms with E-state index in [0.29, 0.717) is 10.9 Å². The highest BCUT2D eigenvalue weighted by Crippen LogP contribution is 2.66. The number of aryl methyl sites for hydroxylation is 1. The lowest BCUT2D eigenvalue weighted by Gasteiger charge is -2.26. The fourth-order valence-electron chi connectivity index (χ4n) is 4.97. The highest BCUT2D eigenvalue weighted by atomic mass is 35.5. The molecule has 2 atom stereocenters. The molecule has 2 aliphatic heterocycles. The lowest BCUT2D eigenvalue weighted by Crippen LogP contribution is -2.37. The van der Waals surface area contributed by atoms with Crippen LogP contribution in [0.15, 0.2) is 18.2 Å². The molecule has 4 nitrogen and oxygen atoms in total. The highest BCUT2D eigenvalue weighted by Gasteiger charge is 2.63. The first-order chi connectivity index (χ1) is 13.1. The van der Waals surface area contributed by atoms with Crippen molar-refractivity contribution in [1.82, 2.24) is 14.5 Å². The second-order valence-electron chi connectivity index (χ2n) is 7.97. The van der Waals surface area contributed by atoms with Crippen LogP contribution in [-0.2, 0) is 23.1 Å². The van der Waals surface area contributed by atoms with Crippen molar-refractivity contribution in [3.63, 3.8) is 0 Å². The summed E-state index contributed by atoms with van der Waals surface area (Å²) in [6, 6.07) is 4.90. The average Bonchev–Trinajstić information content (AvgIpc) is 3.16. The molecule has 0 spiro atoms. The monoisotopic (exact) mass is 407 g/mol. The molecule has 1 aromatic carbocycles. The van der Waals surface area contributed by atoms with E-state index in [-0.39, 0.29) is 11.2 Å². The summed E-state index contributed by atoms with van der Waals surface area (Å²) in [6.07, 6.45) is 3.05. The Labute approximate surface area is 168 Å². The lowest BCUT2D eigenvalue weighted by molar-refractivity contribution is 0.0374. The Morgan fingerprint density at radius 3 is 2.96 bits per heavy atom. The molecule has 1 aliphatic carbocycles. The van der Waals surface area contributed by atoms with E-state index in [1.54, 1.807) is 12.1 Å². The summed E-state index contributed by atoms with van der Waals surface area (Å²) in [5, 5.41) is 0.596. The van der Waals surface area contributed by atoms with Crippen LogP contribution in [-0.4, -0.2) is 47.3 Å². The Balaban J connectivity index is 1.35. The summed E-state index contributed by atoms with van der Waals surface area (Å²) in [4.78, 5) is 5.87. The van der Waals surface area contributed by atoms with Gasteiger partial charge in [0.1, 0.15) is 5.82 Å². The summed E-state index contributed by atoms with van der Waals surface area (Å²) < 4.78 is 22.9. The molecule has 2 aromatic rings. The minimum atomic E-state index is -0.161. The number of nitrogens with one attached hydrogen (secondary N) is 1. The van der Waals surface area contributed by atoms with E-state index in [4.69, 9.17) is 28.6 Å². The van der Waals surface area contributed by atoms with Gasteiger partial charge >= 0.3 is 0 Å². The number of halogens is 2. The molecule has 0 radical (unpaired) electrons. The molecule has 1 N–H and O–H groups in total. The van der Waals surface area contributed by atoms with Crippen LogP contribution in [0.4, 0.5) is 4.39 Å². The molecule has 27 heavy (non-hydrogen) atoms. The Kier molecular flexibility index (Phi) is 4.43. The van der Waals surface area contributed by atoms with Gasteiger partial charge in [-0.15, -0.1) is 0 Å². The fourth-order valence-corrected chi connectivity index (χ4v) is 5.42. The van der Waals surface area contributed by atoms with Gasteiger partial charge in [-0.25, -0.2) is 4.39 Å². The number of nitrogens with zero attached hydrogens (tertiary/aromatic N) is 2. The van der Waals surface area contributed by atoms with Gasteiger partial charge in [0.25, 0.3) is 0 Å².